The van der Waals surface area contributed by atoms with E-state index in [4.69, 9.17) is 0 Å². The van der Waals surface area contributed by atoms with Crippen LogP contribution in [0.1, 0.15) is 17.0 Å². The smallest absolute Gasteiger partial charge is 0.251 e. The van der Waals surface area contributed by atoms with Crippen LogP contribution in [0.15, 0.2) is 10.9 Å². The van der Waals surface area contributed by atoms with Crippen LogP contribution in [0, 0.1) is 6.92 Å². The highest BCUT2D eigenvalue weighted by atomic mass is 16.1. The second-order valence-electron chi connectivity index (χ2n) is 4.13. The summed E-state index contributed by atoms with van der Waals surface area (Å²) in [5.41, 5.74) is 3.89. The summed E-state index contributed by atoms with van der Waals surface area (Å²) in [5, 5.41) is 4.49. The Labute approximate surface area is 86.3 Å². The van der Waals surface area contributed by atoms with E-state index in [2.05, 4.69) is 15.0 Å². The second kappa shape index (κ2) is 2.70. The monoisotopic (exact) mass is 204 g/mol. The molecule has 0 atom stereocenters. The SMILES string of the molecule is Cc1cc(=O)[nH]c2c3c(nn12)CN(C)C3. The lowest BCUT2D eigenvalue weighted by Crippen LogP contribution is -2.13. The molecule has 5 nitrogen and oxygen atoms in total. The molecule has 0 aromatic carbocycles. The van der Waals surface area contributed by atoms with E-state index in [1.807, 2.05) is 18.5 Å². The Morgan fingerprint density at radius 3 is 3.07 bits per heavy atom. The van der Waals surface area contributed by atoms with Gasteiger partial charge in [0, 0.05) is 30.4 Å². The van der Waals surface area contributed by atoms with Gasteiger partial charge in [-0.05, 0) is 14.0 Å². The van der Waals surface area contributed by atoms with Crippen molar-refractivity contribution in [2.75, 3.05) is 7.05 Å². The van der Waals surface area contributed by atoms with Gasteiger partial charge in [0.1, 0.15) is 5.65 Å². The highest BCUT2D eigenvalue weighted by Crippen LogP contribution is 2.23. The van der Waals surface area contributed by atoms with E-state index in [-0.39, 0.29) is 5.56 Å². The molecule has 0 saturated carbocycles. The lowest BCUT2D eigenvalue weighted by molar-refractivity contribution is 0.348. The van der Waals surface area contributed by atoms with Crippen molar-refractivity contribution in [2.24, 2.45) is 0 Å². The van der Waals surface area contributed by atoms with Gasteiger partial charge in [0.15, 0.2) is 0 Å². The van der Waals surface area contributed by atoms with E-state index >= 15 is 0 Å². The van der Waals surface area contributed by atoms with Crippen molar-refractivity contribution in [3.8, 4) is 0 Å². The van der Waals surface area contributed by atoms with Gasteiger partial charge in [-0.2, -0.15) is 5.10 Å². The lowest BCUT2D eigenvalue weighted by Gasteiger charge is -2.06. The maximum Gasteiger partial charge on any atom is 0.251 e. The summed E-state index contributed by atoms with van der Waals surface area (Å²) in [6.07, 6.45) is 0. The van der Waals surface area contributed by atoms with E-state index in [1.54, 1.807) is 6.07 Å². The average molecular weight is 204 g/mol. The molecular formula is C10H12N4O. The summed E-state index contributed by atoms with van der Waals surface area (Å²) < 4.78 is 1.82. The molecule has 5 heteroatoms. The Bertz CT molecular complexity index is 595. The molecule has 2 aromatic heterocycles. The molecule has 2 aromatic rings. The zero-order valence-electron chi connectivity index (χ0n) is 8.74. The van der Waals surface area contributed by atoms with Gasteiger partial charge in [0.2, 0.25) is 0 Å². The topological polar surface area (TPSA) is 53.4 Å². The summed E-state index contributed by atoms with van der Waals surface area (Å²) in [5.74, 6) is 0. The zero-order chi connectivity index (χ0) is 10.6. The van der Waals surface area contributed by atoms with Crippen molar-refractivity contribution in [1.82, 2.24) is 19.5 Å². The number of rotatable bonds is 0. The number of aryl methyl sites for hydroxylation is 1. The quantitative estimate of drug-likeness (QED) is 0.670. The number of aromatic amines is 1. The van der Waals surface area contributed by atoms with Crippen LogP contribution in [-0.2, 0) is 13.1 Å². The van der Waals surface area contributed by atoms with E-state index in [0.29, 0.717) is 0 Å². The molecule has 1 N–H and O–H groups in total. The standard InChI is InChI=1S/C10H12N4O/c1-6-3-9(15)11-10-7-4-13(2)5-8(7)12-14(6)10/h3H,4-5H2,1-2H3,(H,11,15). The van der Waals surface area contributed by atoms with Gasteiger partial charge >= 0.3 is 0 Å². The van der Waals surface area contributed by atoms with Gasteiger partial charge in [-0.15, -0.1) is 0 Å². The molecule has 1 aliphatic rings. The molecule has 0 amide bonds. The van der Waals surface area contributed by atoms with Crippen molar-refractivity contribution in [3.05, 3.63) is 33.4 Å². The van der Waals surface area contributed by atoms with Crippen molar-refractivity contribution in [3.63, 3.8) is 0 Å². The minimum Gasteiger partial charge on any atom is -0.307 e. The minimum absolute atomic E-state index is 0.0581. The molecule has 0 bridgehead atoms. The Balaban J connectivity index is 2.39. The number of hydrogen-bond acceptors (Lipinski definition) is 3. The Kier molecular flexibility index (Phi) is 1.56. The Morgan fingerprint density at radius 1 is 1.47 bits per heavy atom. The summed E-state index contributed by atoms with van der Waals surface area (Å²) in [6, 6.07) is 1.57. The number of H-pyrrole nitrogens is 1. The van der Waals surface area contributed by atoms with Gasteiger partial charge in [-0.25, -0.2) is 4.52 Å². The molecule has 15 heavy (non-hydrogen) atoms. The molecule has 78 valence electrons. The van der Waals surface area contributed by atoms with Crippen molar-refractivity contribution < 1.29 is 0 Å². The highest BCUT2D eigenvalue weighted by Gasteiger charge is 2.23. The van der Waals surface area contributed by atoms with Gasteiger partial charge in [0.25, 0.3) is 5.56 Å². The maximum absolute atomic E-state index is 11.4. The van der Waals surface area contributed by atoms with Crippen LogP contribution in [0.3, 0.4) is 0 Å². The van der Waals surface area contributed by atoms with Crippen molar-refractivity contribution >= 4 is 5.65 Å². The molecule has 0 fully saturated rings. The largest absolute Gasteiger partial charge is 0.307 e. The fraction of sp³-hybridized carbons (Fsp3) is 0.400. The number of hydrogen-bond donors (Lipinski definition) is 1. The first kappa shape index (κ1) is 8.67. The van der Waals surface area contributed by atoms with Gasteiger partial charge < -0.3 is 4.98 Å². The molecule has 0 unspecified atom stereocenters. The number of aromatic nitrogens is 3. The van der Waals surface area contributed by atoms with E-state index in [0.717, 1.165) is 35.7 Å². The van der Waals surface area contributed by atoms with Crippen LogP contribution in [0.2, 0.25) is 0 Å². The summed E-state index contributed by atoms with van der Waals surface area (Å²) >= 11 is 0. The van der Waals surface area contributed by atoms with Crippen LogP contribution in [0.5, 0.6) is 0 Å². The predicted molar refractivity (Wildman–Crippen MR) is 55.7 cm³/mol. The summed E-state index contributed by atoms with van der Waals surface area (Å²) in [4.78, 5) is 16.4. The number of fused-ring (bicyclic) bond motifs is 3. The third-order valence-electron chi connectivity index (χ3n) is 2.83. The molecule has 3 rings (SSSR count). The third-order valence-corrected chi connectivity index (χ3v) is 2.83. The van der Waals surface area contributed by atoms with Crippen LogP contribution >= 0.6 is 0 Å². The Hall–Kier alpha value is -1.62. The number of nitrogens with one attached hydrogen (secondary N) is 1. The zero-order valence-corrected chi connectivity index (χ0v) is 8.74. The maximum atomic E-state index is 11.4. The van der Waals surface area contributed by atoms with E-state index in [9.17, 15) is 4.79 Å². The van der Waals surface area contributed by atoms with Crippen LogP contribution in [-0.4, -0.2) is 26.5 Å². The molecule has 3 heterocycles. The van der Waals surface area contributed by atoms with Crippen LogP contribution < -0.4 is 5.56 Å². The first-order valence-corrected chi connectivity index (χ1v) is 4.94. The van der Waals surface area contributed by atoms with Crippen LogP contribution in [0.4, 0.5) is 0 Å². The van der Waals surface area contributed by atoms with Gasteiger partial charge in [0.05, 0.1) is 5.69 Å². The highest BCUT2D eigenvalue weighted by molar-refractivity contribution is 5.52. The van der Waals surface area contributed by atoms with E-state index < -0.39 is 0 Å². The molecule has 0 aliphatic carbocycles. The minimum atomic E-state index is -0.0581. The number of nitrogens with zero attached hydrogens (tertiary/aromatic N) is 3. The molecule has 1 aliphatic heterocycles. The Morgan fingerprint density at radius 2 is 2.27 bits per heavy atom. The fourth-order valence-corrected chi connectivity index (χ4v) is 2.16. The molecular weight excluding hydrogens is 192 g/mol. The van der Waals surface area contributed by atoms with Gasteiger partial charge in [-0.3, -0.25) is 9.69 Å². The molecule has 0 radical (unpaired) electrons. The van der Waals surface area contributed by atoms with Crippen molar-refractivity contribution in [1.29, 1.82) is 0 Å². The van der Waals surface area contributed by atoms with Crippen molar-refractivity contribution in [2.45, 2.75) is 20.0 Å². The average Bonchev–Trinajstić information content (AvgIpc) is 2.63. The molecule has 0 saturated heterocycles. The third kappa shape index (κ3) is 1.13. The fourth-order valence-electron chi connectivity index (χ4n) is 2.16. The lowest BCUT2D eigenvalue weighted by atomic mass is 10.3. The summed E-state index contributed by atoms with van der Waals surface area (Å²) in [7, 11) is 2.05. The first-order chi connectivity index (χ1) is 7.15. The first-order valence-electron chi connectivity index (χ1n) is 4.94. The van der Waals surface area contributed by atoms with Gasteiger partial charge in [-0.1, -0.05) is 0 Å². The summed E-state index contributed by atoms with van der Waals surface area (Å²) in [6.45, 7) is 3.62. The normalized spacial score (nSPS) is 16.1. The van der Waals surface area contributed by atoms with E-state index in [1.165, 1.54) is 0 Å². The predicted octanol–water partition coefficient (Wildman–Crippen LogP) is 0.276. The van der Waals surface area contributed by atoms with Crippen LogP contribution in [0.25, 0.3) is 5.65 Å². The second-order valence-corrected chi connectivity index (χ2v) is 4.13. The molecule has 0 spiro atoms.